The number of hydrogen-bond donors (Lipinski definition) is 1. The van der Waals surface area contributed by atoms with Crippen molar-refractivity contribution < 1.29 is 19.1 Å². The zero-order chi connectivity index (χ0) is 12.4. The van der Waals surface area contributed by atoms with Crippen molar-refractivity contribution in [2.75, 3.05) is 12.4 Å². The third-order valence-electron chi connectivity index (χ3n) is 2.21. The van der Waals surface area contributed by atoms with Gasteiger partial charge in [0.25, 0.3) is 11.7 Å². The fourth-order valence-corrected chi connectivity index (χ4v) is 1.40. The summed E-state index contributed by atoms with van der Waals surface area (Å²) < 4.78 is 4.36. The zero-order valence-corrected chi connectivity index (χ0v) is 8.87. The molecule has 1 amide bonds. The summed E-state index contributed by atoms with van der Waals surface area (Å²) in [5.41, 5.74) is 1.25. The molecular formula is C12H7NO4. The second-order valence-electron chi connectivity index (χ2n) is 3.29. The van der Waals surface area contributed by atoms with E-state index in [1.165, 1.54) is 19.2 Å². The number of rotatable bonds is 0. The molecule has 0 saturated carbocycles. The number of hydrogen-bond acceptors (Lipinski definition) is 4. The van der Waals surface area contributed by atoms with Crippen LogP contribution >= 0.6 is 0 Å². The molecule has 0 radical (unpaired) electrons. The van der Waals surface area contributed by atoms with Crippen molar-refractivity contribution in [3.8, 4) is 11.8 Å². The lowest BCUT2D eigenvalue weighted by molar-refractivity contribution is -0.133. The number of ketones is 1. The maximum absolute atomic E-state index is 11.3. The highest BCUT2D eigenvalue weighted by atomic mass is 16.5. The van der Waals surface area contributed by atoms with Gasteiger partial charge >= 0.3 is 5.97 Å². The number of carbonyl (C=O) groups excluding carboxylic acids is 3. The van der Waals surface area contributed by atoms with Crippen LogP contribution in [0, 0.1) is 11.8 Å². The largest absolute Gasteiger partial charge is 0.459 e. The summed E-state index contributed by atoms with van der Waals surface area (Å²) in [5, 5.41) is 2.42. The van der Waals surface area contributed by atoms with Crippen LogP contribution in [0.15, 0.2) is 18.2 Å². The van der Waals surface area contributed by atoms with Crippen LogP contribution in [0.25, 0.3) is 0 Å². The third kappa shape index (κ3) is 2.01. The first kappa shape index (κ1) is 10.9. The fourth-order valence-electron chi connectivity index (χ4n) is 1.40. The third-order valence-corrected chi connectivity index (χ3v) is 2.21. The Kier molecular flexibility index (Phi) is 2.63. The van der Waals surface area contributed by atoms with E-state index in [2.05, 4.69) is 21.9 Å². The number of methoxy groups -OCH3 is 1. The number of esters is 1. The quantitative estimate of drug-likeness (QED) is 0.395. The van der Waals surface area contributed by atoms with E-state index in [4.69, 9.17) is 0 Å². The maximum Gasteiger partial charge on any atom is 0.384 e. The summed E-state index contributed by atoms with van der Waals surface area (Å²) in [5.74, 6) is 2.96. The Balaban J connectivity index is 2.33. The van der Waals surface area contributed by atoms with Crippen LogP contribution in [-0.4, -0.2) is 24.8 Å². The lowest BCUT2D eigenvalue weighted by atomic mass is 10.1. The van der Waals surface area contributed by atoms with Crippen LogP contribution in [0.2, 0.25) is 0 Å². The molecule has 1 N–H and O–H groups in total. The molecule has 0 aliphatic carbocycles. The smallest absolute Gasteiger partial charge is 0.384 e. The Morgan fingerprint density at radius 2 is 2.12 bits per heavy atom. The first-order valence-corrected chi connectivity index (χ1v) is 4.71. The molecule has 0 unspecified atom stereocenters. The van der Waals surface area contributed by atoms with Crippen molar-refractivity contribution in [1.29, 1.82) is 0 Å². The van der Waals surface area contributed by atoms with E-state index >= 15 is 0 Å². The summed E-state index contributed by atoms with van der Waals surface area (Å²) in [7, 11) is 1.23. The van der Waals surface area contributed by atoms with E-state index in [0.717, 1.165) is 0 Å². The predicted octanol–water partition coefficient (Wildman–Crippen LogP) is 0.346. The molecule has 1 aliphatic heterocycles. The molecule has 1 heterocycles. The van der Waals surface area contributed by atoms with Crippen molar-refractivity contribution in [1.82, 2.24) is 0 Å². The van der Waals surface area contributed by atoms with Crippen LogP contribution in [0.5, 0.6) is 0 Å². The minimum Gasteiger partial charge on any atom is -0.459 e. The highest BCUT2D eigenvalue weighted by Crippen LogP contribution is 2.23. The molecule has 17 heavy (non-hydrogen) atoms. The Morgan fingerprint density at radius 3 is 2.82 bits per heavy atom. The molecule has 0 fully saturated rings. The SMILES string of the molecule is COC(=O)C#Cc1ccc2c(c1)NC(=O)C2=O. The first-order chi connectivity index (χ1) is 8.11. The van der Waals surface area contributed by atoms with Gasteiger partial charge in [-0.05, 0) is 18.2 Å². The van der Waals surface area contributed by atoms with Crippen molar-refractivity contribution in [2.45, 2.75) is 0 Å². The predicted molar refractivity (Wildman–Crippen MR) is 58.3 cm³/mol. The number of ether oxygens (including phenoxy) is 1. The number of Topliss-reactive ketones (excluding diaryl/α,β-unsaturated/α-hetero) is 1. The number of fused-ring (bicyclic) bond motifs is 1. The minimum atomic E-state index is -0.655. The van der Waals surface area contributed by atoms with Crippen LogP contribution in [0.4, 0.5) is 5.69 Å². The highest BCUT2D eigenvalue weighted by Gasteiger charge is 2.27. The molecule has 84 valence electrons. The molecular weight excluding hydrogens is 222 g/mol. The first-order valence-electron chi connectivity index (χ1n) is 4.71. The van der Waals surface area contributed by atoms with Gasteiger partial charge in [0.05, 0.1) is 18.4 Å². The van der Waals surface area contributed by atoms with Gasteiger partial charge in [0.1, 0.15) is 0 Å². The van der Waals surface area contributed by atoms with Gasteiger partial charge in [-0.15, -0.1) is 0 Å². The van der Waals surface area contributed by atoms with Gasteiger partial charge in [0, 0.05) is 11.5 Å². The number of amides is 1. The van der Waals surface area contributed by atoms with E-state index in [1.54, 1.807) is 6.07 Å². The van der Waals surface area contributed by atoms with Crippen molar-refractivity contribution >= 4 is 23.3 Å². The minimum absolute atomic E-state index is 0.318. The number of anilines is 1. The van der Waals surface area contributed by atoms with Gasteiger partial charge in [0.2, 0.25) is 0 Å². The Bertz CT molecular complexity index is 592. The molecule has 5 nitrogen and oxygen atoms in total. The lowest BCUT2D eigenvalue weighted by Gasteiger charge is -1.96. The maximum atomic E-state index is 11.3. The van der Waals surface area contributed by atoms with Gasteiger partial charge in [0.15, 0.2) is 0 Å². The van der Waals surface area contributed by atoms with Gasteiger partial charge in [-0.1, -0.05) is 5.92 Å². The number of nitrogens with one attached hydrogen (secondary N) is 1. The van der Waals surface area contributed by atoms with Crippen LogP contribution in [0.1, 0.15) is 15.9 Å². The van der Waals surface area contributed by atoms with Crippen molar-refractivity contribution in [3.63, 3.8) is 0 Å². The van der Waals surface area contributed by atoms with Gasteiger partial charge < -0.3 is 10.1 Å². The van der Waals surface area contributed by atoms with E-state index in [9.17, 15) is 14.4 Å². The van der Waals surface area contributed by atoms with Crippen molar-refractivity contribution in [3.05, 3.63) is 29.3 Å². The molecule has 1 aliphatic rings. The lowest BCUT2D eigenvalue weighted by Crippen LogP contribution is -2.12. The van der Waals surface area contributed by atoms with Crippen LogP contribution in [0.3, 0.4) is 0 Å². The van der Waals surface area contributed by atoms with Gasteiger partial charge in [-0.25, -0.2) is 4.79 Å². The molecule has 0 spiro atoms. The Morgan fingerprint density at radius 1 is 1.35 bits per heavy atom. The molecule has 1 aromatic rings. The Hall–Kier alpha value is -2.61. The number of benzene rings is 1. The van der Waals surface area contributed by atoms with E-state index in [1.807, 2.05) is 0 Å². The fraction of sp³-hybridized carbons (Fsp3) is 0.0833. The van der Waals surface area contributed by atoms with Gasteiger partial charge in [-0.2, -0.15) is 0 Å². The molecule has 2 rings (SSSR count). The number of carbonyl (C=O) groups is 3. The topological polar surface area (TPSA) is 72.5 Å². The molecule has 0 saturated heterocycles. The second-order valence-corrected chi connectivity index (χ2v) is 3.29. The van der Waals surface area contributed by atoms with Crippen LogP contribution < -0.4 is 5.32 Å². The molecule has 1 aromatic carbocycles. The van der Waals surface area contributed by atoms with E-state index in [-0.39, 0.29) is 0 Å². The standard InChI is InChI=1S/C12H7NO4/c1-17-10(14)5-3-7-2-4-8-9(6-7)13-12(16)11(8)15/h2,4,6H,1H3,(H,13,15,16). The zero-order valence-electron chi connectivity index (χ0n) is 8.87. The average Bonchev–Trinajstić information content (AvgIpc) is 2.62. The average molecular weight is 229 g/mol. The molecule has 0 atom stereocenters. The summed E-state index contributed by atoms with van der Waals surface area (Å²) in [6, 6.07) is 4.60. The summed E-state index contributed by atoms with van der Waals surface area (Å²) in [6.07, 6.45) is 0. The summed E-state index contributed by atoms with van der Waals surface area (Å²) in [6.45, 7) is 0. The second kappa shape index (κ2) is 4.10. The summed E-state index contributed by atoms with van der Waals surface area (Å²) >= 11 is 0. The Labute approximate surface area is 96.8 Å². The normalized spacial score (nSPS) is 12.3. The van der Waals surface area contributed by atoms with Crippen LogP contribution in [-0.2, 0) is 14.3 Å². The molecule has 0 bridgehead atoms. The van der Waals surface area contributed by atoms with Crippen molar-refractivity contribution in [2.24, 2.45) is 0 Å². The molecule has 0 aromatic heterocycles. The molecule has 5 heteroatoms. The summed E-state index contributed by atoms with van der Waals surface area (Å²) in [4.78, 5) is 33.2. The van der Waals surface area contributed by atoms with Gasteiger partial charge in [-0.3, -0.25) is 9.59 Å². The van der Waals surface area contributed by atoms with E-state index in [0.29, 0.717) is 16.8 Å². The monoisotopic (exact) mass is 229 g/mol. The van der Waals surface area contributed by atoms with E-state index < -0.39 is 17.7 Å². The highest BCUT2D eigenvalue weighted by molar-refractivity contribution is 6.51.